The molecule has 3 aromatic rings. The van der Waals surface area contributed by atoms with Crippen LogP contribution < -0.4 is 10.1 Å². The smallest absolute Gasteiger partial charge is 0.251 e. The molecule has 4 rings (SSSR count). The van der Waals surface area contributed by atoms with Crippen molar-refractivity contribution in [3.05, 3.63) is 89.4 Å². The van der Waals surface area contributed by atoms with E-state index in [1.807, 2.05) is 61.5 Å². The first-order valence-electron chi connectivity index (χ1n) is 11.0. The van der Waals surface area contributed by atoms with Gasteiger partial charge < -0.3 is 14.5 Å². The molecule has 1 fully saturated rings. The van der Waals surface area contributed by atoms with Crippen molar-refractivity contribution in [2.75, 3.05) is 19.6 Å². The summed E-state index contributed by atoms with van der Waals surface area (Å²) in [6.07, 6.45) is 2.92. The highest BCUT2D eigenvalue weighted by Gasteiger charge is 2.21. The maximum absolute atomic E-state index is 12.5. The van der Waals surface area contributed by atoms with Gasteiger partial charge in [-0.3, -0.25) is 9.69 Å². The lowest BCUT2D eigenvalue weighted by Crippen LogP contribution is -2.37. The number of rotatable bonds is 8. The molecule has 5 heteroatoms. The van der Waals surface area contributed by atoms with Gasteiger partial charge in [-0.25, -0.2) is 0 Å². The molecule has 0 aliphatic carbocycles. The highest BCUT2D eigenvalue weighted by atomic mass is 16.5. The highest BCUT2D eigenvalue weighted by Crippen LogP contribution is 2.21. The molecule has 0 unspecified atom stereocenters. The molecule has 0 spiro atoms. The van der Waals surface area contributed by atoms with Crippen LogP contribution in [-0.2, 0) is 13.0 Å². The quantitative estimate of drug-likeness (QED) is 0.581. The molecule has 31 heavy (non-hydrogen) atoms. The molecule has 2 aromatic carbocycles. The largest absolute Gasteiger partial charge is 0.490 e. The predicted molar refractivity (Wildman–Crippen MR) is 121 cm³/mol. The summed E-state index contributed by atoms with van der Waals surface area (Å²) in [7, 11) is 0. The van der Waals surface area contributed by atoms with Crippen LogP contribution in [0.4, 0.5) is 0 Å². The van der Waals surface area contributed by atoms with Gasteiger partial charge in [0, 0.05) is 25.2 Å². The molecule has 1 saturated heterocycles. The minimum Gasteiger partial charge on any atom is -0.490 e. The molecule has 1 aliphatic rings. The Morgan fingerprint density at radius 1 is 1.06 bits per heavy atom. The fourth-order valence-corrected chi connectivity index (χ4v) is 3.95. The van der Waals surface area contributed by atoms with Crippen LogP contribution in [0, 0.1) is 6.92 Å². The predicted octanol–water partition coefficient (Wildman–Crippen LogP) is 4.60. The van der Waals surface area contributed by atoms with Gasteiger partial charge in [0.05, 0.1) is 6.54 Å². The fraction of sp³-hybridized carbons (Fsp3) is 0.346. The molecule has 0 radical (unpaired) electrons. The average molecular weight is 419 g/mol. The fourth-order valence-electron chi connectivity index (χ4n) is 3.95. The minimum atomic E-state index is -0.0649. The number of furan rings is 1. The van der Waals surface area contributed by atoms with Gasteiger partial charge in [-0.15, -0.1) is 0 Å². The van der Waals surface area contributed by atoms with E-state index in [1.54, 1.807) is 0 Å². The number of nitrogens with zero attached hydrogens (tertiary/aromatic N) is 1. The van der Waals surface area contributed by atoms with Crippen molar-refractivity contribution in [2.24, 2.45) is 0 Å². The molecule has 2 heterocycles. The first-order valence-corrected chi connectivity index (χ1v) is 11.0. The Balaban J connectivity index is 1.23. The van der Waals surface area contributed by atoms with E-state index >= 15 is 0 Å². The van der Waals surface area contributed by atoms with Gasteiger partial charge in [-0.2, -0.15) is 0 Å². The molecule has 1 N–H and O–H groups in total. The Morgan fingerprint density at radius 2 is 1.87 bits per heavy atom. The van der Waals surface area contributed by atoms with Crippen molar-refractivity contribution >= 4 is 5.91 Å². The summed E-state index contributed by atoms with van der Waals surface area (Å²) in [5.41, 5.74) is 1.85. The lowest BCUT2D eigenvalue weighted by Gasteiger charge is -2.31. The first kappa shape index (κ1) is 21.2. The molecule has 5 nitrogen and oxygen atoms in total. The number of nitrogens with one attached hydrogen (secondary N) is 1. The maximum atomic E-state index is 12.5. The Morgan fingerprint density at radius 3 is 2.61 bits per heavy atom. The average Bonchev–Trinajstić information content (AvgIpc) is 3.20. The van der Waals surface area contributed by atoms with Crippen LogP contribution in [-0.4, -0.2) is 36.5 Å². The summed E-state index contributed by atoms with van der Waals surface area (Å²) in [5, 5.41) is 3.00. The number of piperidine rings is 1. The molecule has 1 amide bonds. The number of hydrogen-bond acceptors (Lipinski definition) is 4. The molecule has 1 aliphatic heterocycles. The number of carbonyl (C=O) groups excluding carboxylic acids is 1. The van der Waals surface area contributed by atoms with Crippen LogP contribution in [0.25, 0.3) is 0 Å². The number of hydrogen-bond donors (Lipinski definition) is 1. The molecule has 1 aromatic heterocycles. The minimum absolute atomic E-state index is 0.0649. The van der Waals surface area contributed by atoms with Crippen LogP contribution in [0.2, 0.25) is 0 Å². The van der Waals surface area contributed by atoms with E-state index in [4.69, 9.17) is 9.15 Å². The summed E-state index contributed by atoms with van der Waals surface area (Å²) in [6, 6.07) is 21.7. The Kier molecular flexibility index (Phi) is 7.05. The molecular formula is C26H30N2O3. The number of carbonyl (C=O) groups is 1. The summed E-state index contributed by atoms with van der Waals surface area (Å²) >= 11 is 0. The second-order valence-corrected chi connectivity index (χ2v) is 8.13. The number of likely N-dealkylation sites (tertiary alicyclic amines) is 1. The van der Waals surface area contributed by atoms with E-state index in [1.165, 1.54) is 5.56 Å². The summed E-state index contributed by atoms with van der Waals surface area (Å²) in [6.45, 7) is 5.39. The van der Waals surface area contributed by atoms with Crippen molar-refractivity contribution in [1.82, 2.24) is 10.2 Å². The monoisotopic (exact) mass is 418 g/mol. The van der Waals surface area contributed by atoms with Gasteiger partial charge in [-0.05, 0) is 62.1 Å². The van der Waals surface area contributed by atoms with Gasteiger partial charge in [0.1, 0.15) is 23.4 Å². The van der Waals surface area contributed by atoms with Crippen LogP contribution in [0.15, 0.2) is 71.1 Å². The van der Waals surface area contributed by atoms with E-state index < -0.39 is 0 Å². The van der Waals surface area contributed by atoms with Crippen LogP contribution in [0.5, 0.6) is 5.75 Å². The van der Waals surface area contributed by atoms with Gasteiger partial charge >= 0.3 is 0 Å². The van der Waals surface area contributed by atoms with Crippen LogP contribution in [0.1, 0.15) is 40.3 Å². The summed E-state index contributed by atoms with van der Waals surface area (Å²) in [4.78, 5) is 14.9. The molecule has 0 bridgehead atoms. The molecular weight excluding hydrogens is 388 g/mol. The van der Waals surface area contributed by atoms with E-state index in [0.717, 1.165) is 56.2 Å². The molecule has 162 valence electrons. The van der Waals surface area contributed by atoms with E-state index in [9.17, 15) is 4.79 Å². The Labute approximate surface area is 184 Å². The van der Waals surface area contributed by atoms with Gasteiger partial charge in [0.15, 0.2) is 0 Å². The van der Waals surface area contributed by atoms with Crippen molar-refractivity contribution in [3.63, 3.8) is 0 Å². The standard InChI is InChI=1S/C26H30N2O3/c1-20-10-11-25(30-20)19-28-16-13-23(14-17-28)31-24-9-5-8-22(18-24)26(29)27-15-12-21-6-3-2-4-7-21/h2-11,18,23H,12-17,19H2,1H3,(H,27,29). The zero-order valence-corrected chi connectivity index (χ0v) is 18.0. The topological polar surface area (TPSA) is 54.7 Å². The van der Waals surface area contributed by atoms with Gasteiger partial charge in [0.2, 0.25) is 0 Å². The van der Waals surface area contributed by atoms with Crippen molar-refractivity contribution in [3.8, 4) is 5.75 Å². The molecule has 0 atom stereocenters. The zero-order chi connectivity index (χ0) is 21.5. The van der Waals surface area contributed by atoms with Crippen molar-refractivity contribution in [2.45, 2.75) is 38.8 Å². The first-order chi connectivity index (χ1) is 15.2. The van der Waals surface area contributed by atoms with E-state index in [2.05, 4.69) is 22.3 Å². The lowest BCUT2D eigenvalue weighted by molar-refractivity contribution is 0.0915. The number of benzene rings is 2. The second-order valence-electron chi connectivity index (χ2n) is 8.13. The molecule has 0 saturated carbocycles. The van der Waals surface area contributed by atoms with Crippen LogP contribution in [0.3, 0.4) is 0 Å². The Bertz CT molecular complexity index is 975. The third-order valence-corrected chi connectivity index (χ3v) is 5.65. The third-order valence-electron chi connectivity index (χ3n) is 5.65. The normalized spacial score (nSPS) is 15.0. The third kappa shape index (κ3) is 6.22. The number of amides is 1. The summed E-state index contributed by atoms with van der Waals surface area (Å²) in [5.74, 6) is 2.67. The van der Waals surface area contributed by atoms with Gasteiger partial charge in [-0.1, -0.05) is 36.4 Å². The zero-order valence-electron chi connectivity index (χ0n) is 18.0. The summed E-state index contributed by atoms with van der Waals surface area (Å²) < 4.78 is 11.9. The maximum Gasteiger partial charge on any atom is 0.251 e. The Hall–Kier alpha value is -3.05. The lowest BCUT2D eigenvalue weighted by atomic mass is 10.1. The number of aryl methyl sites for hydroxylation is 1. The second kappa shape index (κ2) is 10.3. The van der Waals surface area contributed by atoms with Gasteiger partial charge in [0.25, 0.3) is 5.91 Å². The van der Waals surface area contributed by atoms with Crippen molar-refractivity contribution in [1.29, 1.82) is 0 Å². The van der Waals surface area contributed by atoms with E-state index in [0.29, 0.717) is 12.1 Å². The SMILES string of the molecule is Cc1ccc(CN2CCC(Oc3cccc(C(=O)NCCc4ccccc4)c3)CC2)o1. The highest BCUT2D eigenvalue weighted by molar-refractivity contribution is 5.94. The van der Waals surface area contributed by atoms with E-state index in [-0.39, 0.29) is 12.0 Å². The van der Waals surface area contributed by atoms with Crippen molar-refractivity contribution < 1.29 is 13.9 Å². The van der Waals surface area contributed by atoms with Crippen LogP contribution >= 0.6 is 0 Å². The number of ether oxygens (including phenoxy) is 1.